The van der Waals surface area contributed by atoms with Crippen molar-refractivity contribution >= 4 is 27.7 Å². The minimum atomic E-state index is 0.0759. The lowest BCUT2D eigenvalue weighted by Crippen LogP contribution is -2.32. The van der Waals surface area contributed by atoms with Gasteiger partial charge in [-0.1, -0.05) is 13.8 Å². The van der Waals surface area contributed by atoms with Gasteiger partial charge in [0.05, 0.1) is 5.56 Å². The maximum Gasteiger partial charge on any atom is 0.257 e. The first kappa shape index (κ1) is 15.3. The van der Waals surface area contributed by atoms with Crippen molar-refractivity contribution in [2.75, 3.05) is 25.5 Å². The maximum atomic E-state index is 12.7. The fourth-order valence-electron chi connectivity index (χ4n) is 2.91. The number of hydrogen-bond donors (Lipinski definition) is 1. The van der Waals surface area contributed by atoms with Crippen molar-refractivity contribution in [2.24, 2.45) is 5.41 Å². The second-order valence-electron chi connectivity index (χ2n) is 5.48. The predicted octanol–water partition coefficient (Wildman–Crippen LogP) is 3.54. The number of nitrogens with zero attached hydrogens (tertiary/aromatic N) is 2. The minimum absolute atomic E-state index is 0.0759. The van der Waals surface area contributed by atoms with Crippen molar-refractivity contribution < 1.29 is 4.79 Å². The average Bonchev–Trinajstić information content (AvgIpc) is 2.91. The summed E-state index contributed by atoms with van der Waals surface area (Å²) >= 11 is 3.39. The molecule has 110 valence electrons. The van der Waals surface area contributed by atoms with Crippen LogP contribution in [0, 0.1) is 5.41 Å². The molecule has 0 spiro atoms. The van der Waals surface area contributed by atoms with E-state index < -0.39 is 0 Å². The Balaban J connectivity index is 2.23. The van der Waals surface area contributed by atoms with Crippen LogP contribution in [-0.2, 0) is 0 Å². The quantitative estimate of drug-likeness (QED) is 0.912. The zero-order valence-electron chi connectivity index (χ0n) is 12.4. The van der Waals surface area contributed by atoms with Crippen LogP contribution in [0.4, 0.5) is 5.82 Å². The summed E-state index contributed by atoms with van der Waals surface area (Å²) in [5.41, 5.74) is 0.944. The molecule has 0 saturated carbocycles. The molecule has 1 aromatic heterocycles. The van der Waals surface area contributed by atoms with Crippen LogP contribution in [-0.4, -0.2) is 35.9 Å². The van der Waals surface area contributed by atoms with Gasteiger partial charge in [-0.25, -0.2) is 4.98 Å². The maximum absolute atomic E-state index is 12.7. The van der Waals surface area contributed by atoms with E-state index in [4.69, 9.17) is 0 Å². The first-order valence-corrected chi connectivity index (χ1v) is 7.97. The van der Waals surface area contributed by atoms with E-state index in [2.05, 4.69) is 40.1 Å². The molecular formula is C15H22BrN3O. The second kappa shape index (κ2) is 6.12. The Morgan fingerprint density at radius 2 is 2.20 bits per heavy atom. The summed E-state index contributed by atoms with van der Waals surface area (Å²) in [5, 5.41) is 3.00. The number of halogens is 1. The molecule has 0 aliphatic carbocycles. The van der Waals surface area contributed by atoms with E-state index in [0.29, 0.717) is 16.8 Å². The predicted molar refractivity (Wildman–Crippen MR) is 85.0 cm³/mol. The van der Waals surface area contributed by atoms with E-state index in [1.807, 2.05) is 11.0 Å². The molecule has 1 fully saturated rings. The fourth-order valence-corrected chi connectivity index (χ4v) is 3.24. The highest BCUT2D eigenvalue weighted by molar-refractivity contribution is 9.10. The summed E-state index contributed by atoms with van der Waals surface area (Å²) in [6, 6.07) is 1.85. The smallest absolute Gasteiger partial charge is 0.257 e. The zero-order chi connectivity index (χ0) is 14.8. The molecule has 4 nitrogen and oxygen atoms in total. The first-order chi connectivity index (χ1) is 9.55. The number of anilines is 1. The molecule has 0 radical (unpaired) electrons. The van der Waals surface area contributed by atoms with E-state index in [-0.39, 0.29) is 5.91 Å². The Bertz CT molecular complexity index is 500. The number of carbonyl (C=O) groups is 1. The van der Waals surface area contributed by atoms with E-state index in [1.54, 1.807) is 13.2 Å². The Labute approximate surface area is 129 Å². The molecule has 1 N–H and O–H groups in total. The van der Waals surface area contributed by atoms with Crippen LogP contribution >= 0.6 is 15.9 Å². The van der Waals surface area contributed by atoms with Crippen LogP contribution in [0.15, 0.2) is 16.7 Å². The van der Waals surface area contributed by atoms with Crippen LogP contribution in [0.1, 0.15) is 43.5 Å². The Morgan fingerprint density at radius 3 is 2.75 bits per heavy atom. The summed E-state index contributed by atoms with van der Waals surface area (Å²) < 4.78 is 0.830. The Kier molecular flexibility index (Phi) is 4.68. The van der Waals surface area contributed by atoms with Gasteiger partial charge in [-0.15, -0.1) is 0 Å². The van der Waals surface area contributed by atoms with E-state index in [9.17, 15) is 4.79 Å². The van der Waals surface area contributed by atoms with Gasteiger partial charge in [0.25, 0.3) is 5.91 Å². The third-order valence-corrected chi connectivity index (χ3v) is 4.98. The van der Waals surface area contributed by atoms with E-state index in [1.165, 1.54) is 0 Å². The second-order valence-corrected chi connectivity index (χ2v) is 6.40. The Hall–Kier alpha value is -1.10. The number of amides is 1. The summed E-state index contributed by atoms with van der Waals surface area (Å²) in [5.74, 6) is 0.718. The minimum Gasteiger partial charge on any atom is -0.372 e. The van der Waals surface area contributed by atoms with Gasteiger partial charge in [0, 0.05) is 30.8 Å². The van der Waals surface area contributed by atoms with Crippen molar-refractivity contribution in [3.05, 3.63) is 22.3 Å². The van der Waals surface area contributed by atoms with Gasteiger partial charge < -0.3 is 10.2 Å². The van der Waals surface area contributed by atoms with Gasteiger partial charge in [-0.05, 0) is 46.7 Å². The highest BCUT2D eigenvalue weighted by Gasteiger charge is 2.37. The van der Waals surface area contributed by atoms with Gasteiger partial charge in [0.1, 0.15) is 5.82 Å². The number of nitrogens with one attached hydrogen (secondary N) is 1. The summed E-state index contributed by atoms with van der Waals surface area (Å²) in [4.78, 5) is 19.0. The monoisotopic (exact) mass is 339 g/mol. The van der Waals surface area contributed by atoms with Crippen LogP contribution in [0.5, 0.6) is 0 Å². The molecule has 1 aromatic rings. The van der Waals surface area contributed by atoms with Gasteiger partial charge in [-0.3, -0.25) is 4.79 Å². The molecule has 2 heterocycles. The molecule has 0 bridgehead atoms. The lowest BCUT2D eigenvalue weighted by Gasteiger charge is -2.26. The number of likely N-dealkylation sites (tertiary alicyclic amines) is 1. The van der Waals surface area contributed by atoms with Crippen molar-refractivity contribution in [3.63, 3.8) is 0 Å². The lowest BCUT2D eigenvalue weighted by molar-refractivity contribution is 0.0770. The normalized spacial score (nSPS) is 17.3. The molecule has 20 heavy (non-hydrogen) atoms. The first-order valence-electron chi connectivity index (χ1n) is 7.18. The van der Waals surface area contributed by atoms with E-state index >= 15 is 0 Å². The standard InChI is InChI=1S/C15H22BrN3O/c1-4-15(5-2)6-7-19(10-15)14(20)12-8-11(16)9-18-13(12)17-3/h8-9H,4-7,10H2,1-3H3,(H,17,18). The number of rotatable bonds is 4. The molecule has 2 rings (SSSR count). The van der Waals surface area contributed by atoms with Crippen LogP contribution in [0.2, 0.25) is 0 Å². The zero-order valence-corrected chi connectivity index (χ0v) is 14.0. The molecule has 1 saturated heterocycles. The largest absolute Gasteiger partial charge is 0.372 e. The third kappa shape index (κ3) is 2.82. The third-order valence-electron chi connectivity index (χ3n) is 4.55. The van der Waals surface area contributed by atoms with Gasteiger partial charge in [0.2, 0.25) is 0 Å². The highest BCUT2D eigenvalue weighted by atomic mass is 79.9. The topological polar surface area (TPSA) is 45.2 Å². The Morgan fingerprint density at radius 1 is 1.50 bits per heavy atom. The van der Waals surface area contributed by atoms with Crippen molar-refractivity contribution in [3.8, 4) is 0 Å². The van der Waals surface area contributed by atoms with Gasteiger partial charge in [0.15, 0.2) is 0 Å². The van der Waals surface area contributed by atoms with Crippen LogP contribution < -0.4 is 5.32 Å². The molecule has 0 unspecified atom stereocenters. The van der Waals surface area contributed by atoms with Crippen LogP contribution in [0.3, 0.4) is 0 Å². The van der Waals surface area contributed by atoms with Crippen molar-refractivity contribution in [1.82, 2.24) is 9.88 Å². The summed E-state index contributed by atoms with van der Waals surface area (Å²) in [6.07, 6.45) is 5.06. The number of aromatic nitrogens is 1. The summed E-state index contributed by atoms with van der Waals surface area (Å²) in [6.45, 7) is 6.14. The van der Waals surface area contributed by atoms with Crippen molar-refractivity contribution in [1.29, 1.82) is 0 Å². The van der Waals surface area contributed by atoms with Gasteiger partial charge >= 0.3 is 0 Å². The fraction of sp³-hybridized carbons (Fsp3) is 0.600. The van der Waals surface area contributed by atoms with E-state index in [0.717, 1.165) is 36.8 Å². The highest BCUT2D eigenvalue weighted by Crippen LogP contribution is 2.37. The number of pyridine rings is 1. The summed E-state index contributed by atoms with van der Waals surface area (Å²) in [7, 11) is 1.79. The van der Waals surface area contributed by atoms with Crippen LogP contribution in [0.25, 0.3) is 0 Å². The SMILES string of the molecule is CCC1(CC)CCN(C(=O)c2cc(Br)cnc2NC)C1. The molecule has 0 aromatic carbocycles. The van der Waals surface area contributed by atoms with Crippen molar-refractivity contribution in [2.45, 2.75) is 33.1 Å². The molecule has 1 aliphatic rings. The molecule has 1 amide bonds. The lowest BCUT2D eigenvalue weighted by atomic mass is 9.82. The average molecular weight is 340 g/mol. The number of carbonyl (C=O) groups excluding carboxylic acids is 1. The molecular weight excluding hydrogens is 318 g/mol. The molecule has 0 atom stereocenters. The van der Waals surface area contributed by atoms with Gasteiger partial charge in [-0.2, -0.15) is 0 Å². The number of hydrogen-bond acceptors (Lipinski definition) is 3. The molecule has 5 heteroatoms. The molecule has 1 aliphatic heterocycles.